The van der Waals surface area contributed by atoms with Crippen LogP contribution in [-0.4, -0.2) is 32.0 Å². The fourth-order valence-corrected chi connectivity index (χ4v) is 3.98. The Morgan fingerprint density at radius 1 is 1.39 bits per heavy atom. The third-order valence-corrected chi connectivity index (χ3v) is 5.34. The van der Waals surface area contributed by atoms with Crippen LogP contribution in [0.2, 0.25) is 0 Å². The molecule has 0 heterocycles. The van der Waals surface area contributed by atoms with Gasteiger partial charge in [-0.2, -0.15) is 0 Å². The Balaban J connectivity index is 2.53. The lowest BCUT2D eigenvalue weighted by atomic mass is 9.96. The van der Waals surface area contributed by atoms with Crippen LogP contribution < -0.4 is 0 Å². The minimum absolute atomic E-state index is 0.264. The molecule has 0 unspecified atom stereocenters. The van der Waals surface area contributed by atoms with Crippen LogP contribution in [0.15, 0.2) is 28.0 Å². The maximum Gasteiger partial charge on any atom is 0.314 e. The van der Waals surface area contributed by atoms with Crippen molar-refractivity contribution in [2.45, 2.75) is 28.0 Å². The van der Waals surface area contributed by atoms with Gasteiger partial charge < -0.3 is 5.11 Å². The largest absolute Gasteiger partial charge is 0.481 e. The zero-order valence-corrected chi connectivity index (χ0v) is 11.8. The fraction of sp³-hybridized carbons (Fsp3) is 0.417. The van der Waals surface area contributed by atoms with Crippen molar-refractivity contribution in [1.82, 2.24) is 0 Å². The Morgan fingerprint density at radius 3 is 2.39 bits per heavy atom. The highest BCUT2D eigenvalue weighted by molar-refractivity contribution is 7.99. The third kappa shape index (κ3) is 2.14. The van der Waals surface area contributed by atoms with E-state index in [9.17, 15) is 18.3 Å². The molecule has 1 aliphatic rings. The number of aliphatic carboxylic acids is 1. The number of thioether (sulfide) groups is 1. The summed E-state index contributed by atoms with van der Waals surface area (Å²) >= 11 is 1.32. The van der Waals surface area contributed by atoms with Crippen molar-refractivity contribution in [3.8, 4) is 0 Å². The van der Waals surface area contributed by atoms with Crippen molar-refractivity contribution in [2.24, 2.45) is 0 Å². The maximum absolute atomic E-state index is 11.6. The van der Waals surface area contributed by atoms with Gasteiger partial charge in [-0.3, -0.25) is 4.79 Å². The van der Waals surface area contributed by atoms with Gasteiger partial charge in [0.15, 0.2) is 9.84 Å². The van der Waals surface area contributed by atoms with E-state index >= 15 is 0 Å². The van der Waals surface area contributed by atoms with E-state index in [-0.39, 0.29) is 4.90 Å². The predicted molar refractivity (Wildman–Crippen MR) is 69.9 cm³/mol. The molecule has 6 heteroatoms. The van der Waals surface area contributed by atoms with E-state index in [2.05, 4.69) is 0 Å². The molecule has 0 bridgehead atoms. The topological polar surface area (TPSA) is 71.4 Å². The molecule has 2 rings (SSSR count). The lowest BCUT2D eigenvalue weighted by Crippen LogP contribution is -2.19. The van der Waals surface area contributed by atoms with E-state index in [1.807, 2.05) is 0 Å². The smallest absolute Gasteiger partial charge is 0.314 e. The third-order valence-electron chi connectivity index (χ3n) is 3.28. The van der Waals surface area contributed by atoms with Gasteiger partial charge in [-0.1, -0.05) is 6.07 Å². The van der Waals surface area contributed by atoms with E-state index in [4.69, 9.17) is 0 Å². The molecule has 0 aliphatic heterocycles. The molecular weight excluding hydrogens is 272 g/mol. The van der Waals surface area contributed by atoms with Crippen molar-refractivity contribution in [2.75, 3.05) is 12.5 Å². The van der Waals surface area contributed by atoms with Crippen LogP contribution in [0.3, 0.4) is 0 Å². The van der Waals surface area contributed by atoms with Gasteiger partial charge >= 0.3 is 5.97 Å². The van der Waals surface area contributed by atoms with Gasteiger partial charge in [-0.05, 0) is 36.8 Å². The Morgan fingerprint density at radius 2 is 2.00 bits per heavy atom. The van der Waals surface area contributed by atoms with E-state index in [1.54, 1.807) is 18.4 Å². The van der Waals surface area contributed by atoms with Gasteiger partial charge in [0.25, 0.3) is 0 Å². The van der Waals surface area contributed by atoms with E-state index in [0.717, 1.165) is 6.26 Å². The molecule has 0 saturated heterocycles. The first-order valence-electron chi connectivity index (χ1n) is 5.43. The summed E-state index contributed by atoms with van der Waals surface area (Å²) in [5.74, 6) is -0.832. The van der Waals surface area contributed by atoms with Crippen molar-refractivity contribution in [3.05, 3.63) is 23.8 Å². The summed E-state index contributed by atoms with van der Waals surface area (Å²) in [5, 5.41) is 9.22. The number of carbonyl (C=O) groups is 1. The molecule has 98 valence electrons. The molecule has 0 aromatic heterocycles. The molecular formula is C12H14O4S2. The fourth-order valence-electron chi connectivity index (χ4n) is 2.02. The van der Waals surface area contributed by atoms with Crippen LogP contribution in [0.1, 0.15) is 18.4 Å². The standard InChI is InChI=1S/C12H14O4S2/c1-17-9-7-8(12(5-6-12)11(13)14)3-4-10(9)18(2,15)16/h3-4,7H,5-6H2,1-2H3,(H,13,14). The average molecular weight is 286 g/mol. The second kappa shape index (κ2) is 4.28. The molecule has 1 aliphatic carbocycles. The summed E-state index contributed by atoms with van der Waals surface area (Å²) in [6.07, 6.45) is 4.18. The number of hydrogen-bond donors (Lipinski definition) is 1. The molecule has 4 nitrogen and oxygen atoms in total. The second-order valence-corrected chi connectivity index (χ2v) is 7.36. The van der Waals surface area contributed by atoms with Gasteiger partial charge in [-0.25, -0.2) is 8.42 Å². The van der Waals surface area contributed by atoms with E-state index in [0.29, 0.717) is 23.3 Å². The van der Waals surface area contributed by atoms with Crippen molar-refractivity contribution < 1.29 is 18.3 Å². The molecule has 0 spiro atoms. The van der Waals surface area contributed by atoms with Crippen LogP contribution in [0.5, 0.6) is 0 Å². The molecule has 0 radical (unpaired) electrons. The quantitative estimate of drug-likeness (QED) is 0.856. The van der Waals surface area contributed by atoms with Crippen LogP contribution in [0, 0.1) is 0 Å². The Labute approximate surface area is 110 Å². The normalized spacial score (nSPS) is 17.4. The number of carboxylic acid groups (broad SMARTS) is 1. The molecule has 1 aromatic rings. The predicted octanol–water partition coefficient (Wildman–Crippen LogP) is 1.93. The number of carboxylic acids is 1. The van der Waals surface area contributed by atoms with Crippen LogP contribution >= 0.6 is 11.8 Å². The summed E-state index contributed by atoms with van der Waals surface area (Å²) in [6.45, 7) is 0. The van der Waals surface area contributed by atoms with Crippen LogP contribution in [0.25, 0.3) is 0 Å². The number of sulfone groups is 1. The molecule has 0 atom stereocenters. The summed E-state index contributed by atoms with van der Waals surface area (Å²) in [6, 6.07) is 4.83. The minimum Gasteiger partial charge on any atom is -0.481 e. The minimum atomic E-state index is -3.28. The Bertz CT molecular complexity index is 601. The highest BCUT2D eigenvalue weighted by Crippen LogP contribution is 2.49. The molecule has 1 fully saturated rings. The van der Waals surface area contributed by atoms with Crippen molar-refractivity contribution in [3.63, 3.8) is 0 Å². The highest BCUT2D eigenvalue weighted by atomic mass is 32.2. The number of rotatable bonds is 4. The van der Waals surface area contributed by atoms with E-state index < -0.39 is 21.2 Å². The van der Waals surface area contributed by atoms with E-state index in [1.165, 1.54) is 17.8 Å². The monoisotopic (exact) mass is 286 g/mol. The second-order valence-electron chi connectivity index (χ2n) is 4.53. The Kier molecular flexibility index (Phi) is 3.19. The Hall–Kier alpha value is -1.01. The summed E-state index contributed by atoms with van der Waals surface area (Å²) in [7, 11) is -3.28. The summed E-state index contributed by atoms with van der Waals surface area (Å²) in [5.41, 5.74) is -0.0905. The SMILES string of the molecule is CSc1cc(C2(C(=O)O)CC2)ccc1S(C)(=O)=O. The average Bonchev–Trinajstić information content (AvgIpc) is 3.08. The van der Waals surface area contributed by atoms with Gasteiger partial charge in [0.2, 0.25) is 0 Å². The first kappa shape index (κ1) is 13.4. The first-order valence-corrected chi connectivity index (χ1v) is 8.55. The zero-order valence-electron chi connectivity index (χ0n) is 10.1. The molecule has 1 aromatic carbocycles. The van der Waals surface area contributed by atoms with Gasteiger partial charge in [0.05, 0.1) is 10.3 Å². The van der Waals surface area contributed by atoms with Crippen molar-refractivity contribution in [1.29, 1.82) is 0 Å². The molecule has 1 saturated carbocycles. The van der Waals surface area contributed by atoms with Gasteiger partial charge in [-0.15, -0.1) is 11.8 Å². The summed E-state index contributed by atoms with van der Waals surface area (Å²) in [4.78, 5) is 12.1. The lowest BCUT2D eigenvalue weighted by molar-refractivity contribution is -0.140. The number of hydrogen-bond acceptors (Lipinski definition) is 4. The zero-order chi connectivity index (χ0) is 13.6. The molecule has 18 heavy (non-hydrogen) atoms. The molecule has 0 amide bonds. The van der Waals surface area contributed by atoms with Gasteiger partial charge in [0, 0.05) is 11.2 Å². The summed E-state index contributed by atoms with van der Waals surface area (Å²) < 4.78 is 23.2. The van der Waals surface area contributed by atoms with Gasteiger partial charge in [0.1, 0.15) is 0 Å². The van der Waals surface area contributed by atoms with Crippen LogP contribution in [-0.2, 0) is 20.0 Å². The maximum atomic E-state index is 11.6. The lowest BCUT2D eigenvalue weighted by Gasteiger charge is -2.13. The molecule has 1 N–H and O–H groups in total. The highest BCUT2D eigenvalue weighted by Gasteiger charge is 2.51. The van der Waals surface area contributed by atoms with Crippen molar-refractivity contribution >= 4 is 27.6 Å². The van der Waals surface area contributed by atoms with Crippen LogP contribution in [0.4, 0.5) is 0 Å². The first-order chi connectivity index (χ1) is 8.31. The number of benzene rings is 1.